The number of benzene rings is 4. The van der Waals surface area contributed by atoms with E-state index in [1.54, 1.807) is 82.2 Å². The molecule has 8 nitrogen and oxygen atoms in total. The van der Waals surface area contributed by atoms with E-state index in [9.17, 15) is 9.59 Å². The van der Waals surface area contributed by atoms with Crippen LogP contribution in [0, 0.1) is 0 Å². The van der Waals surface area contributed by atoms with Crippen molar-refractivity contribution in [3.8, 4) is 33.9 Å². The van der Waals surface area contributed by atoms with Gasteiger partial charge >= 0.3 is 0 Å². The van der Waals surface area contributed by atoms with Gasteiger partial charge in [-0.1, -0.05) is 125 Å². The van der Waals surface area contributed by atoms with Crippen LogP contribution >= 0.6 is 69.6 Å². The molecule has 0 atom stereocenters. The van der Waals surface area contributed by atoms with Crippen LogP contribution in [-0.4, -0.2) is 44.5 Å². The second-order valence-electron chi connectivity index (χ2n) is 12.1. The molecule has 0 spiro atoms. The van der Waals surface area contributed by atoms with Crippen LogP contribution in [0.1, 0.15) is 53.1 Å². The van der Waals surface area contributed by atoms with Gasteiger partial charge in [0.1, 0.15) is 11.4 Å². The molecule has 2 aromatic heterocycles. The molecule has 4 aromatic carbocycles. The van der Waals surface area contributed by atoms with Crippen LogP contribution in [-0.2, 0) is 0 Å². The summed E-state index contributed by atoms with van der Waals surface area (Å²) in [4.78, 5) is 26.3. The Morgan fingerprint density at radius 2 is 0.830 bits per heavy atom. The van der Waals surface area contributed by atoms with Gasteiger partial charge < -0.3 is 10.6 Å². The summed E-state index contributed by atoms with van der Waals surface area (Å²) in [5.41, 5.74) is 4.33. The Morgan fingerprint density at radius 3 is 1.19 bits per heavy atom. The Labute approximate surface area is 336 Å². The fourth-order valence-corrected chi connectivity index (χ4v) is 7.09. The quantitative estimate of drug-likeness (QED) is 0.107. The Hall–Kier alpha value is -4.02. The van der Waals surface area contributed by atoms with E-state index in [1.165, 1.54) is 0 Å². The summed E-state index contributed by atoms with van der Waals surface area (Å²) in [5.74, 6) is -0.605. The number of hydrogen-bond donors (Lipinski definition) is 2. The van der Waals surface area contributed by atoms with Gasteiger partial charge in [0.2, 0.25) is 0 Å². The number of carbonyl (C=O) groups excluding carboxylic acids is 2. The van der Waals surface area contributed by atoms with Crippen LogP contribution in [0.4, 0.5) is 0 Å². The third-order valence-corrected chi connectivity index (χ3v) is 10.1. The summed E-state index contributed by atoms with van der Waals surface area (Å²) in [6, 6.07) is 28.2. The van der Waals surface area contributed by atoms with E-state index in [0.29, 0.717) is 66.0 Å². The topological polar surface area (TPSA) is 93.8 Å². The van der Waals surface area contributed by atoms with E-state index in [4.69, 9.17) is 69.6 Å². The van der Waals surface area contributed by atoms with Crippen molar-refractivity contribution in [3.63, 3.8) is 0 Å². The van der Waals surface area contributed by atoms with Gasteiger partial charge in [-0.25, -0.2) is 9.36 Å². The highest BCUT2D eigenvalue weighted by molar-refractivity contribution is 6.38. The minimum absolute atomic E-state index is 0.238. The van der Waals surface area contributed by atoms with Crippen LogP contribution in [0.15, 0.2) is 97.1 Å². The van der Waals surface area contributed by atoms with Crippen molar-refractivity contribution in [2.75, 3.05) is 13.1 Å². The van der Waals surface area contributed by atoms with Crippen LogP contribution in [0.5, 0.6) is 0 Å². The van der Waals surface area contributed by atoms with Crippen LogP contribution in [0.25, 0.3) is 33.9 Å². The van der Waals surface area contributed by atoms with Crippen molar-refractivity contribution in [1.29, 1.82) is 0 Å². The van der Waals surface area contributed by atoms with Gasteiger partial charge in [0.15, 0.2) is 11.4 Å². The van der Waals surface area contributed by atoms with Crippen molar-refractivity contribution in [1.82, 2.24) is 30.2 Å². The molecule has 0 saturated carbocycles. The lowest BCUT2D eigenvalue weighted by Gasteiger charge is -2.11. The molecule has 0 aliphatic carbocycles. The second-order valence-corrected chi connectivity index (χ2v) is 14.6. The molecule has 53 heavy (non-hydrogen) atoms. The fraction of sp³-hybridized carbons (Fsp3) is 0.179. The van der Waals surface area contributed by atoms with Crippen molar-refractivity contribution in [3.05, 3.63) is 139 Å². The van der Waals surface area contributed by atoms with E-state index >= 15 is 0 Å². The molecule has 6 aromatic rings. The number of nitrogens with zero attached hydrogens (tertiary/aromatic N) is 4. The maximum absolute atomic E-state index is 13.1. The number of unbranched alkanes of at least 4 members (excludes halogenated alkanes) is 4. The third-order valence-electron chi connectivity index (χ3n) is 8.39. The molecule has 0 saturated heterocycles. The lowest BCUT2D eigenvalue weighted by atomic mass is 10.1. The summed E-state index contributed by atoms with van der Waals surface area (Å²) in [5, 5.41) is 17.9. The Balaban J connectivity index is 0.986. The zero-order valence-corrected chi connectivity index (χ0v) is 32.6. The molecule has 0 unspecified atom stereocenters. The summed E-state index contributed by atoms with van der Waals surface area (Å²) in [7, 11) is 0. The third kappa shape index (κ3) is 9.38. The maximum Gasteiger partial charge on any atom is 0.271 e. The molecule has 2 N–H and O–H groups in total. The number of aromatic nitrogens is 4. The molecule has 2 heterocycles. The molecule has 0 radical (unpaired) electrons. The largest absolute Gasteiger partial charge is 0.351 e. The summed E-state index contributed by atoms with van der Waals surface area (Å²) in [6.45, 7) is 0.971. The predicted molar refractivity (Wildman–Crippen MR) is 216 cm³/mol. The number of carbonyl (C=O) groups is 2. The molecule has 2 amide bonds. The minimum Gasteiger partial charge on any atom is -0.351 e. The normalized spacial score (nSPS) is 11.1. The van der Waals surface area contributed by atoms with Crippen molar-refractivity contribution in [2.24, 2.45) is 0 Å². The smallest absolute Gasteiger partial charge is 0.271 e. The van der Waals surface area contributed by atoms with E-state index < -0.39 is 0 Å². The van der Waals surface area contributed by atoms with E-state index in [0.717, 1.165) is 43.2 Å². The first-order chi connectivity index (χ1) is 25.6. The van der Waals surface area contributed by atoms with Crippen LogP contribution in [0.3, 0.4) is 0 Å². The van der Waals surface area contributed by atoms with Crippen LogP contribution in [0.2, 0.25) is 30.1 Å². The van der Waals surface area contributed by atoms with Crippen molar-refractivity contribution >= 4 is 81.4 Å². The molecular formula is C39H32Cl6N6O2. The van der Waals surface area contributed by atoms with Gasteiger partial charge in [-0.05, 0) is 73.5 Å². The van der Waals surface area contributed by atoms with E-state index in [2.05, 4.69) is 20.8 Å². The Morgan fingerprint density at radius 1 is 0.491 bits per heavy atom. The number of hydrogen-bond acceptors (Lipinski definition) is 4. The molecular weight excluding hydrogens is 797 g/mol. The fourth-order valence-electron chi connectivity index (χ4n) is 5.73. The highest BCUT2D eigenvalue weighted by Gasteiger charge is 2.21. The van der Waals surface area contributed by atoms with Gasteiger partial charge in [0.05, 0.1) is 31.5 Å². The lowest BCUT2D eigenvalue weighted by Crippen LogP contribution is -2.25. The highest BCUT2D eigenvalue weighted by Crippen LogP contribution is 2.35. The highest BCUT2D eigenvalue weighted by atomic mass is 35.5. The minimum atomic E-state index is -0.302. The number of halogens is 6. The first-order valence-electron chi connectivity index (χ1n) is 16.8. The summed E-state index contributed by atoms with van der Waals surface area (Å²) >= 11 is 38.2. The van der Waals surface area contributed by atoms with Crippen molar-refractivity contribution < 1.29 is 9.59 Å². The number of rotatable bonds is 14. The zero-order chi connectivity index (χ0) is 37.5. The van der Waals surface area contributed by atoms with Crippen LogP contribution < -0.4 is 10.6 Å². The average Bonchev–Trinajstić information content (AvgIpc) is 3.77. The van der Waals surface area contributed by atoms with Gasteiger partial charge in [-0.15, -0.1) is 0 Å². The van der Waals surface area contributed by atoms with Gasteiger partial charge in [0, 0.05) is 34.3 Å². The molecule has 0 bridgehead atoms. The van der Waals surface area contributed by atoms with E-state index in [-0.39, 0.29) is 23.2 Å². The van der Waals surface area contributed by atoms with Crippen molar-refractivity contribution in [2.45, 2.75) is 32.1 Å². The maximum atomic E-state index is 13.1. The number of nitrogens with one attached hydrogen (secondary N) is 2. The molecule has 6 rings (SSSR count). The molecule has 14 heteroatoms. The predicted octanol–water partition coefficient (Wildman–Crippen LogP) is 11.4. The SMILES string of the molecule is O=C(NCCCCCCCNC(=O)c1cc(-c2ccc(Cl)cc2)n(-c2c(Cl)cccc2Cl)n1)c1cc(-c2ccc(Cl)cc2)n(-c2c(Cl)cccc2Cl)n1. The summed E-state index contributed by atoms with van der Waals surface area (Å²) in [6.07, 6.45) is 4.32. The molecule has 0 aliphatic rings. The van der Waals surface area contributed by atoms with Gasteiger partial charge in [0.25, 0.3) is 11.8 Å². The standard InChI is InChI=1S/C39H32Cl6N6O2/c40-26-16-12-24(13-17-26)34-22-32(48-50(34)36-28(42)8-6-9-29(36)43)38(52)46-20-4-2-1-3-5-21-47-39(53)33-23-35(25-14-18-27(41)19-15-25)51(49-33)37-30(44)10-7-11-31(37)45/h6-19,22-23H,1-5,20-21H2,(H,46,52)(H,47,53). The molecule has 272 valence electrons. The monoisotopic (exact) mass is 826 g/mol. The second kappa shape index (κ2) is 17.9. The first-order valence-corrected chi connectivity index (χ1v) is 19.0. The molecule has 0 aliphatic heterocycles. The molecule has 0 fully saturated rings. The summed E-state index contributed by atoms with van der Waals surface area (Å²) < 4.78 is 3.17. The number of amides is 2. The average molecular weight is 829 g/mol. The Kier molecular flexibility index (Phi) is 13.0. The first kappa shape index (κ1) is 38.7. The van der Waals surface area contributed by atoms with E-state index in [1.807, 2.05) is 24.3 Å². The van der Waals surface area contributed by atoms with Gasteiger partial charge in [-0.3, -0.25) is 9.59 Å². The van der Waals surface area contributed by atoms with Gasteiger partial charge in [-0.2, -0.15) is 10.2 Å². The number of para-hydroxylation sites is 2. The Bertz CT molecular complexity index is 2040. The lowest BCUT2D eigenvalue weighted by molar-refractivity contribution is 0.0940. The zero-order valence-electron chi connectivity index (χ0n) is 28.1.